The van der Waals surface area contributed by atoms with Crippen LogP contribution < -0.4 is 16.2 Å². The Labute approximate surface area is 194 Å². The van der Waals surface area contributed by atoms with Gasteiger partial charge in [-0.25, -0.2) is 20.7 Å². The molecule has 0 spiro atoms. The summed E-state index contributed by atoms with van der Waals surface area (Å²) in [6, 6.07) is 14.3. The maximum atomic E-state index is 13.0. The van der Waals surface area contributed by atoms with E-state index in [0.717, 1.165) is 18.5 Å². The zero-order valence-electron chi connectivity index (χ0n) is 19.2. The maximum absolute atomic E-state index is 13.0. The van der Waals surface area contributed by atoms with Crippen LogP contribution in [-0.4, -0.2) is 45.6 Å². The minimum Gasteiger partial charge on any atom is -0.324 e. The average molecular weight is 447 g/mol. The molecule has 3 aliphatic heterocycles. The highest BCUT2D eigenvalue weighted by Gasteiger charge is 2.48. The number of hydrogen-bond acceptors (Lipinski definition) is 5. The van der Waals surface area contributed by atoms with Crippen molar-refractivity contribution in [2.24, 2.45) is 0 Å². The van der Waals surface area contributed by atoms with Gasteiger partial charge in [-0.3, -0.25) is 9.69 Å². The lowest BCUT2D eigenvalue weighted by molar-refractivity contribution is -0.117. The molecule has 2 aromatic rings. The first-order valence-corrected chi connectivity index (χ1v) is 11.5. The summed E-state index contributed by atoms with van der Waals surface area (Å²) in [6.07, 6.45) is 5.23. The van der Waals surface area contributed by atoms with Crippen LogP contribution in [0.25, 0.3) is 0 Å². The van der Waals surface area contributed by atoms with Gasteiger partial charge >= 0.3 is 6.03 Å². The molecule has 3 N–H and O–H groups in total. The lowest BCUT2D eigenvalue weighted by Gasteiger charge is -2.34. The Morgan fingerprint density at radius 2 is 1.85 bits per heavy atom. The first-order chi connectivity index (χ1) is 15.9. The van der Waals surface area contributed by atoms with Crippen LogP contribution in [0.5, 0.6) is 0 Å². The lowest BCUT2D eigenvalue weighted by atomic mass is 9.97. The predicted molar refractivity (Wildman–Crippen MR) is 126 cm³/mol. The Bertz CT molecular complexity index is 1100. The molecule has 0 bridgehead atoms. The Balaban J connectivity index is 1.24. The van der Waals surface area contributed by atoms with Crippen molar-refractivity contribution in [1.29, 1.82) is 0 Å². The lowest BCUT2D eigenvalue weighted by Crippen LogP contribution is -2.54. The molecule has 2 fully saturated rings. The van der Waals surface area contributed by atoms with Crippen molar-refractivity contribution < 1.29 is 9.59 Å². The van der Waals surface area contributed by atoms with Crippen LogP contribution in [0, 0.1) is 13.8 Å². The third-order valence-corrected chi connectivity index (χ3v) is 6.81. The molecule has 2 saturated heterocycles. The second-order valence-corrected chi connectivity index (χ2v) is 8.98. The zero-order chi connectivity index (χ0) is 23.1. The molecule has 3 unspecified atom stereocenters. The van der Waals surface area contributed by atoms with Crippen LogP contribution in [0.1, 0.15) is 41.6 Å². The molecule has 5 rings (SSSR count). The van der Waals surface area contributed by atoms with Crippen LogP contribution >= 0.6 is 0 Å². The van der Waals surface area contributed by atoms with Crippen molar-refractivity contribution in [3.63, 3.8) is 0 Å². The summed E-state index contributed by atoms with van der Waals surface area (Å²) >= 11 is 0. The van der Waals surface area contributed by atoms with E-state index < -0.39 is 0 Å². The fourth-order valence-electron chi connectivity index (χ4n) is 4.70. The fraction of sp³-hybridized carbons (Fsp3) is 0.360. The van der Waals surface area contributed by atoms with Gasteiger partial charge < -0.3 is 10.3 Å². The molecule has 3 atom stereocenters. The van der Waals surface area contributed by atoms with Crippen molar-refractivity contribution in [3.05, 3.63) is 77.1 Å². The van der Waals surface area contributed by atoms with Gasteiger partial charge in [0, 0.05) is 18.1 Å². The van der Waals surface area contributed by atoms with Gasteiger partial charge in [0.05, 0.1) is 12.1 Å². The Morgan fingerprint density at radius 1 is 1.06 bits per heavy atom. The van der Waals surface area contributed by atoms with Crippen molar-refractivity contribution in [1.82, 2.24) is 25.8 Å². The summed E-state index contributed by atoms with van der Waals surface area (Å²) in [6.45, 7) is 6.27. The normalized spacial score (nSPS) is 23.7. The molecule has 3 heterocycles. The molecule has 3 aliphatic rings. The monoisotopic (exact) mass is 446 g/mol. The van der Waals surface area contributed by atoms with Gasteiger partial charge in [-0.05, 0) is 61.1 Å². The molecule has 8 nitrogen and oxygen atoms in total. The van der Waals surface area contributed by atoms with E-state index in [4.69, 9.17) is 0 Å². The molecular weight excluding hydrogens is 416 g/mol. The number of hydrazine groups is 2. The standard InChI is InChI=1S/C25H30N6O2/c1-4-18-6-9-20(10-7-18)26-23(32)15-31-25(33)29-11-12-30-22(24(29)28-31)14-21(27-30)19-8-5-16(2)17(3)13-19/h5-13,21-22,24,27-28H,4,14-15H2,1-3H3,(H,26,32). The van der Waals surface area contributed by atoms with Crippen molar-refractivity contribution >= 4 is 17.6 Å². The molecule has 0 aliphatic carbocycles. The molecule has 3 amide bonds. The number of benzene rings is 2. The van der Waals surface area contributed by atoms with E-state index in [1.165, 1.54) is 27.3 Å². The summed E-state index contributed by atoms with van der Waals surface area (Å²) in [5, 5.41) is 6.34. The van der Waals surface area contributed by atoms with Crippen molar-refractivity contribution in [2.45, 2.75) is 51.9 Å². The minimum atomic E-state index is -0.238. The quantitative estimate of drug-likeness (QED) is 0.658. The summed E-state index contributed by atoms with van der Waals surface area (Å²) in [5.41, 5.74) is 12.5. The highest BCUT2D eigenvalue weighted by atomic mass is 16.2. The third-order valence-electron chi connectivity index (χ3n) is 6.81. The molecule has 2 aromatic carbocycles. The number of carbonyl (C=O) groups excluding carboxylic acids is 2. The van der Waals surface area contributed by atoms with Gasteiger partial charge in [0.1, 0.15) is 12.7 Å². The van der Waals surface area contributed by atoms with E-state index in [1.807, 2.05) is 30.5 Å². The number of urea groups is 1. The zero-order valence-corrected chi connectivity index (χ0v) is 19.2. The molecule has 33 heavy (non-hydrogen) atoms. The molecule has 0 saturated carbocycles. The largest absolute Gasteiger partial charge is 0.340 e. The van der Waals surface area contributed by atoms with Gasteiger partial charge in [0.2, 0.25) is 5.91 Å². The van der Waals surface area contributed by atoms with Gasteiger partial charge in [0.25, 0.3) is 0 Å². The number of rotatable bonds is 5. The number of fused-ring (bicyclic) bond motifs is 3. The van der Waals surface area contributed by atoms with Crippen molar-refractivity contribution in [2.75, 3.05) is 11.9 Å². The second kappa shape index (κ2) is 8.53. The third kappa shape index (κ3) is 4.07. The van der Waals surface area contributed by atoms with Crippen LogP contribution in [0.3, 0.4) is 0 Å². The van der Waals surface area contributed by atoms with E-state index in [0.29, 0.717) is 0 Å². The van der Waals surface area contributed by atoms with Gasteiger partial charge in [0.15, 0.2) is 0 Å². The predicted octanol–water partition coefficient (Wildman–Crippen LogP) is 3.18. The topological polar surface area (TPSA) is 80.0 Å². The first-order valence-electron chi connectivity index (χ1n) is 11.5. The van der Waals surface area contributed by atoms with Crippen molar-refractivity contribution in [3.8, 4) is 0 Å². The first kappa shape index (κ1) is 21.5. The van der Waals surface area contributed by atoms with E-state index in [-0.39, 0.29) is 36.7 Å². The molecule has 0 aromatic heterocycles. The summed E-state index contributed by atoms with van der Waals surface area (Å²) < 4.78 is 0. The molecule has 0 radical (unpaired) electrons. The van der Waals surface area contributed by atoms with Crippen LogP contribution in [0.2, 0.25) is 0 Å². The number of anilines is 1. The average Bonchev–Trinajstić information content (AvgIpc) is 3.38. The number of carbonyl (C=O) groups is 2. The smallest absolute Gasteiger partial charge is 0.324 e. The second-order valence-electron chi connectivity index (χ2n) is 8.98. The van der Waals surface area contributed by atoms with Gasteiger partial charge in [-0.15, -0.1) is 0 Å². The number of amides is 3. The molecular formula is C25H30N6O2. The van der Waals surface area contributed by atoms with Gasteiger partial charge in [-0.1, -0.05) is 37.3 Å². The Hall–Kier alpha value is -3.36. The number of aryl methyl sites for hydroxylation is 3. The summed E-state index contributed by atoms with van der Waals surface area (Å²) in [7, 11) is 0. The van der Waals surface area contributed by atoms with Crippen LogP contribution in [0.15, 0.2) is 54.9 Å². The van der Waals surface area contributed by atoms with Crippen LogP contribution in [-0.2, 0) is 11.2 Å². The van der Waals surface area contributed by atoms with E-state index in [2.05, 4.69) is 60.1 Å². The Kier molecular flexibility index (Phi) is 5.55. The number of nitrogens with zero attached hydrogens (tertiary/aromatic N) is 3. The van der Waals surface area contributed by atoms with Crippen LogP contribution in [0.4, 0.5) is 10.5 Å². The maximum Gasteiger partial charge on any atom is 0.340 e. The molecule has 8 heteroatoms. The minimum absolute atomic E-state index is 0.0557. The summed E-state index contributed by atoms with van der Waals surface area (Å²) in [4.78, 5) is 27.2. The number of hydrogen-bond donors (Lipinski definition) is 3. The van der Waals surface area contributed by atoms with E-state index in [9.17, 15) is 9.59 Å². The van der Waals surface area contributed by atoms with E-state index >= 15 is 0 Å². The highest BCUT2D eigenvalue weighted by molar-refractivity contribution is 5.94. The Morgan fingerprint density at radius 3 is 2.58 bits per heavy atom. The fourth-order valence-corrected chi connectivity index (χ4v) is 4.70. The van der Waals surface area contributed by atoms with E-state index in [1.54, 1.807) is 11.1 Å². The SMILES string of the molecule is CCc1ccc(NC(=O)CN2NC3C4CC(c5ccc(C)c(C)c5)NN4C=CN3C2=O)cc1. The highest BCUT2D eigenvalue weighted by Crippen LogP contribution is 2.35. The number of nitrogens with one attached hydrogen (secondary N) is 3. The summed E-state index contributed by atoms with van der Waals surface area (Å²) in [5.74, 6) is -0.238. The van der Waals surface area contributed by atoms with Gasteiger partial charge in [-0.2, -0.15) is 0 Å². The molecule has 172 valence electrons.